The number of carboxylic acid groups (broad SMARTS) is 1. The van der Waals surface area contributed by atoms with Crippen LogP contribution in [0, 0.1) is 0 Å². The number of benzene rings is 1. The van der Waals surface area contributed by atoms with Crippen molar-refractivity contribution in [3.8, 4) is 11.5 Å². The zero-order chi connectivity index (χ0) is 19.4. The largest absolute Gasteiger partial charge is 0.482 e. The molecule has 0 unspecified atom stereocenters. The van der Waals surface area contributed by atoms with E-state index in [0.717, 1.165) is 0 Å². The maximum Gasteiger partial charge on any atom is 0.305 e. The fraction of sp³-hybridized carbons (Fsp3) is 0.368. The van der Waals surface area contributed by atoms with Crippen molar-refractivity contribution < 1.29 is 24.2 Å². The Morgan fingerprint density at radius 2 is 2.25 bits per heavy atom. The lowest BCUT2D eigenvalue weighted by molar-refractivity contribution is -0.136. The van der Waals surface area contributed by atoms with Crippen molar-refractivity contribution in [2.45, 2.75) is 33.3 Å². The maximum absolute atomic E-state index is 12.1. The molecule has 8 nitrogen and oxygen atoms in total. The van der Waals surface area contributed by atoms with E-state index in [-0.39, 0.29) is 44.0 Å². The Labute approximate surface area is 168 Å². The average molecular weight is 408 g/mol. The molecular formula is C19H22ClN3O5. The van der Waals surface area contributed by atoms with E-state index >= 15 is 0 Å². The maximum atomic E-state index is 12.1. The molecule has 0 saturated heterocycles. The van der Waals surface area contributed by atoms with Gasteiger partial charge in [0.1, 0.15) is 23.3 Å². The molecular weight excluding hydrogens is 386 g/mol. The third-order valence-corrected chi connectivity index (χ3v) is 4.36. The number of ether oxygens (including phenoxy) is 2. The Bertz CT molecular complexity index is 847. The number of aliphatic carboxylic acids is 1. The van der Waals surface area contributed by atoms with E-state index in [9.17, 15) is 9.59 Å². The minimum Gasteiger partial charge on any atom is -0.482 e. The van der Waals surface area contributed by atoms with Crippen LogP contribution in [0.4, 0.5) is 5.69 Å². The molecule has 9 heteroatoms. The summed E-state index contributed by atoms with van der Waals surface area (Å²) in [5, 5.41) is 17.1. The second-order valence-electron chi connectivity index (χ2n) is 5.89. The van der Waals surface area contributed by atoms with Crippen LogP contribution in [0.1, 0.15) is 39.0 Å². The van der Waals surface area contributed by atoms with Crippen LogP contribution in [-0.4, -0.2) is 40.3 Å². The normalized spacial score (nSPS) is 13.8. The number of fused-ring (bicyclic) bond motifs is 1. The summed E-state index contributed by atoms with van der Waals surface area (Å²) in [7, 11) is 0. The van der Waals surface area contributed by atoms with Gasteiger partial charge in [-0.2, -0.15) is 10.2 Å². The van der Waals surface area contributed by atoms with Crippen molar-refractivity contribution in [1.82, 2.24) is 10.2 Å². The van der Waals surface area contributed by atoms with E-state index in [4.69, 9.17) is 26.2 Å². The van der Waals surface area contributed by atoms with Gasteiger partial charge in [-0.05, 0) is 24.6 Å². The van der Waals surface area contributed by atoms with Gasteiger partial charge in [0.25, 0.3) is 5.91 Å². The lowest BCUT2D eigenvalue weighted by atomic mass is 10.1. The number of carbonyl (C=O) groups is 2. The van der Waals surface area contributed by atoms with Crippen LogP contribution < -0.4 is 14.4 Å². The summed E-state index contributed by atoms with van der Waals surface area (Å²) in [6.07, 6.45) is 1.71. The van der Waals surface area contributed by atoms with Gasteiger partial charge in [0, 0.05) is 18.8 Å². The lowest BCUT2D eigenvalue weighted by Gasteiger charge is -2.30. The first-order valence-electron chi connectivity index (χ1n) is 8.42. The molecule has 0 aliphatic carbocycles. The SMILES string of the molecule is C.CC[C@@H](Oc1cc2c(cc1Cl)N(CCC(=O)O)C(=O)CO2)c1cccnn1. The third-order valence-electron chi connectivity index (χ3n) is 4.07. The number of hydrogen-bond acceptors (Lipinski definition) is 6. The number of amides is 1. The van der Waals surface area contributed by atoms with Gasteiger partial charge in [-0.25, -0.2) is 0 Å². The van der Waals surface area contributed by atoms with Gasteiger partial charge in [-0.15, -0.1) is 0 Å². The van der Waals surface area contributed by atoms with Crippen LogP contribution in [0.2, 0.25) is 5.02 Å². The van der Waals surface area contributed by atoms with Crippen LogP contribution in [0.5, 0.6) is 11.5 Å². The monoisotopic (exact) mass is 407 g/mol. The summed E-state index contributed by atoms with van der Waals surface area (Å²) in [5.41, 5.74) is 1.10. The Kier molecular flexibility index (Phi) is 7.17. The van der Waals surface area contributed by atoms with Crippen molar-refractivity contribution in [3.05, 3.63) is 41.2 Å². The van der Waals surface area contributed by atoms with Crippen molar-refractivity contribution >= 4 is 29.2 Å². The number of anilines is 1. The van der Waals surface area contributed by atoms with Gasteiger partial charge in [0.15, 0.2) is 6.61 Å². The van der Waals surface area contributed by atoms with E-state index in [2.05, 4.69) is 10.2 Å². The van der Waals surface area contributed by atoms with E-state index < -0.39 is 5.97 Å². The first kappa shape index (κ1) is 21.4. The van der Waals surface area contributed by atoms with Gasteiger partial charge < -0.3 is 19.5 Å². The fourth-order valence-corrected chi connectivity index (χ4v) is 2.94. The van der Waals surface area contributed by atoms with E-state index in [1.165, 1.54) is 4.90 Å². The fourth-order valence-electron chi connectivity index (χ4n) is 2.74. The Morgan fingerprint density at radius 1 is 1.46 bits per heavy atom. The average Bonchev–Trinajstić information content (AvgIpc) is 2.66. The molecule has 1 aliphatic rings. The molecule has 150 valence electrons. The highest BCUT2D eigenvalue weighted by molar-refractivity contribution is 6.32. The quantitative estimate of drug-likeness (QED) is 0.749. The molecule has 0 saturated carbocycles. The second kappa shape index (κ2) is 9.36. The second-order valence-corrected chi connectivity index (χ2v) is 6.30. The number of rotatable bonds is 7. The highest BCUT2D eigenvalue weighted by atomic mass is 35.5. The topological polar surface area (TPSA) is 102 Å². The Morgan fingerprint density at radius 3 is 2.89 bits per heavy atom. The molecule has 1 atom stereocenters. The molecule has 1 aliphatic heterocycles. The summed E-state index contributed by atoms with van der Waals surface area (Å²) in [6, 6.07) is 6.75. The van der Waals surface area contributed by atoms with Crippen LogP contribution in [0.25, 0.3) is 0 Å². The van der Waals surface area contributed by atoms with Gasteiger partial charge in [0.2, 0.25) is 0 Å². The summed E-state index contributed by atoms with van der Waals surface area (Å²) in [4.78, 5) is 24.3. The summed E-state index contributed by atoms with van der Waals surface area (Å²) in [6.45, 7) is 1.82. The van der Waals surface area contributed by atoms with Gasteiger partial charge in [-0.3, -0.25) is 9.59 Å². The number of carboxylic acids is 1. The van der Waals surface area contributed by atoms with Crippen molar-refractivity contribution in [2.24, 2.45) is 0 Å². The van der Waals surface area contributed by atoms with E-state index in [1.54, 1.807) is 24.4 Å². The molecule has 1 aromatic heterocycles. The highest BCUT2D eigenvalue weighted by Crippen LogP contribution is 2.41. The molecule has 3 rings (SSSR count). The minimum absolute atomic E-state index is 0. The minimum atomic E-state index is -0.989. The smallest absolute Gasteiger partial charge is 0.305 e. The molecule has 0 bridgehead atoms. The first-order valence-corrected chi connectivity index (χ1v) is 8.80. The van der Waals surface area contributed by atoms with Gasteiger partial charge in [0.05, 0.1) is 17.1 Å². The molecule has 0 radical (unpaired) electrons. The van der Waals surface area contributed by atoms with E-state index in [1.807, 2.05) is 13.0 Å². The van der Waals surface area contributed by atoms with Gasteiger partial charge in [-0.1, -0.05) is 26.0 Å². The summed E-state index contributed by atoms with van der Waals surface area (Å²) in [5.74, 6) is -0.509. The molecule has 1 aromatic carbocycles. The Balaban J connectivity index is 0.00000280. The molecule has 0 spiro atoms. The Hall–Kier alpha value is -2.87. The molecule has 1 N–H and O–H groups in total. The molecule has 2 heterocycles. The first-order chi connectivity index (χ1) is 13.0. The summed E-state index contributed by atoms with van der Waals surface area (Å²) < 4.78 is 11.5. The number of hydrogen-bond donors (Lipinski definition) is 1. The lowest BCUT2D eigenvalue weighted by Crippen LogP contribution is -2.40. The van der Waals surface area contributed by atoms with Crippen molar-refractivity contribution in [3.63, 3.8) is 0 Å². The zero-order valence-electron chi connectivity index (χ0n) is 14.6. The van der Waals surface area contributed by atoms with E-state index in [0.29, 0.717) is 29.3 Å². The number of nitrogens with zero attached hydrogens (tertiary/aromatic N) is 3. The number of halogens is 1. The van der Waals surface area contributed by atoms with Crippen LogP contribution >= 0.6 is 11.6 Å². The molecule has 28 heavy (non-hydrogen) atoms. The molecule has 0 fully saturated rings. The van der Waals surface area contributed by atoms with Crippen LogP contribution in [0.15, 0.2) is 30.5 Å². The summed E-state index contributed by atoms with van der Waals surface area (Å²) >= 11 is 6.35. The van der Waals surface area contributed by atoms with Crippen LogP contribution in [-0.2, 0) is 9.59 Å². The van der Waals surface area contributed by atoms with Crippen molar-refractivity contribution in [2.75, 3.05) is 18.1 Å². The zero-order valence-corrected chi connectivity index (χ0v) is 15.3. The van der Waals surface area contributed by atoms with Gasteiger partial charge >= 0.3 is 5.97 Å². The van der Waals surface area contributed by atoms with Crippen molar-refractivity contribution in [1.29, 1.82) is 0 Å². The standard InChI is InChI=1S/C18H18ClN3O5.CH4/c1-2-14(12-4-3-6-20-21-12)27-15-9-16-13(8-11(15)19)22(7-5-18(24)25)17(23)10-26-16;/h3-4,6,8-9,14H,2,5,7,10H2,1H3,(H,24,25);1H4/t14-;/m1./s1. The molecule has 2 aromatic rings. The number of aromatic nitrogens is 2. The number of carbonyl (C=O) groups excluding carboxylic acids is 1. The third kappa shape index (κ3) is 4.69. The molecule has 1 amide bonds. The predicted octanol–water partition coefficient (Wildman–Crippen LogP) is 3.50. The van der Waals surface area contributed by atoms with Crippen LogP contribution in [0.3, 0.4) is 0 Å². The highest BCUT2D eigenvalue weighted by Gasteiger charge is 2.28. The predicted molar refractivity (Wildman–Crippen MR) is 104 cm³/mol.